The fraction of sp³-hybridized carbons (Fsp3) is 0.462. The Morgan fingerprint density at radius 1 is 1.31 bits per heavy atom. The van der Waals surface area contributed by atoms with Gasteiger partial charge in [-0.1, -0.05) is 30.3 Å². The van der Waals surface area contributed by atoms with Crippen molar-refractivity contribution in [3.8, 4) is 6.07 Å². The van der Waals surface area contributed by atoms with E-state index in [-0.39, 0.29) is 11.5 Å². The second-order valence-electron chi connectivity index (χ2n) is 4.85. The molecular formula is C13H18N2O. The van der Waals surface area contributed by atoms with Gasteiger partial charge in [0.1, 0.15) is 0 Å². The van der Waals surface area contributed by atoms with Crippen LogP contribution in [0.1, 0.15) is 32.3 Å². The van der Waals surface area contributed by atoms with Crippen LogP contribution in [0.15, 0.2) is 30.3 Å². The Morgan fingerprint density at radius 3 is 2.31 bits per heavy atom. The number of nitrogens with zero attached hydrogens (tertiary/aromatic N) is 2. The van der Waals surface area contributed by atoms with Crippen molar-refractivity contribution in [2.24, 2.45) is 0 Å². The standard InChI is InChI=1S/C13H18N2O/c1-13(2,3)15(16)10-12(9-14)11-7-5-4-6-8-11/h4-8,12,16H,10H2,1-3H3/t12-/m1/s1. The predicted octanol–water partition coefficient (Wildman–Crippen LogP) is 2.78. The van der Waals surface area contributed by atoms with Crippen molar-refractivity contribution in [3.63, 3.8) is 0 Å². The van der Waals surface area contributed by atoms with Gasteiger partial charge in [0.15, 0.2) is 0 Å². The number of rotatable bonds is 3. The first-order chi connectivity index (χ1) is 7.45. The number of benzene rings is 1. The number of hydrogen-bond acceptors (Lipinski definition) is 3. The van der Waals surface area contributed by atoms with Gasteiger partial charge in [-0.2, -0.15) is 10.3 Å². The van der Waals surface area contributed by atoms with Crippen LogP contribution in [-0.2, 0) is 0 Å². The number of hydrogen-bond donors (Lipinski definition) is 1. The molecule has 0 bridgehead atoms. The van der Waals surface area contributed by atoms with E-state index in [9.17, 15) is 5.21 Å². The second kappa shape index (κ2) is 5.11. The van der Waals surface area contributed by atoms with Gasteiger partial charge >= 0.3 is 0 Å². The van der Waals surface area contributed by atoms with Crippen molar-refractivity contribution in [3.05, 3.63) is 35.9 Å². The fourth-order valence-corrected chi connectivity index (χ4v) is 1.35. The molecule has 1 aromatic carbocycles. The van der Waals surface area contributed by atoms with Crippen molar-refractivity contribution in [1.82, 2.24) is 5.06 Å². The zero-order valence-electron chi connectivity index (χ0n) is 10.0. The molecule has 1 aromatic rings. The Labute approximate surface area is 96.9 Å². The molecule has 0 saturated carbocycles. The van der Waals surface area contributed by atoms with E-state index in [1.807, 2.05) is 51.1 Å². The largest absolute Gasteiger partial charge is 0.313 e. The molecule has 0 fully saturated rings. The zero-order valence-corrected chi connectivity index (χ0v) is 10.0. The highest BCUT2D eigenvalue weighted by molar-refractivity contribution is 5.25. The summed E-state index contributed by atoms with van der Waals surface area (Å²) < 4.78 is 0. The van der Waals surface area contributed by atoms with Gasteiger partial charge in [0, 0.05) is 12.1 Å². The molecule has 0 aliphatic heterocycles. The summed E-state index contributed by atoms with van der Waals surface area (Å²) in [6.45, 7) is 6.05. The zero-order chi connectivity index (χ0) is 12.2. The average Bonchev–Trinajstić information content (AvgIpc) is 2.25. The van der Waals surface area contributed by atoms with Gasteiger partial charge in [0.05, 0.1) is 12.0 Å². The maximum atomic E-state index is 9.83. The summed E-state index contributed by atoms with van der Waals surface area (Å²) in [4.78, 5) is 0. The Kier molecular flexibility index (Phi) is 4.05. The van der Waals surface area contributed by atoms with Crippen LogP contribution in [0, 0.1) is 11.3 Å². The van der Waals surface area contributed by atoms with Gasteiger partial charge in [-0.3, -0.25) is 0 Å². The van der Waals surface area contributed by atoms with Crippen LogP contribution < -0.4 is 0 Å². The van der Waals surface area contributed by atoms with E-state index >= 15 is 0 Å². The van der Waals surface area contributed by atoms with E-state index in [0.29, 0.717) is 6.54 Å². The molecule has 0 spiro atoms. The summed E-state index contributed by atoms with van der Waals surface area (Å²) >= 11 is 0. The van der Waals surface area contributed by atoms with Crippen molar-refractivity contribution in [2.45, 2.75) is 32.2 Å². The maximum Gasteiger partial charge on any atom is 0.0863 e. The van der Waals surface area contributed by atoms with Crippen LogP contribution in [-0.4, -0.2) is 22.4 Å². The van der Waals surface area contributed by atoms with Crippen LogP contribution in [0.25, 0.3) is 0 Å². The SMILES string of the molecule is CC(C)(C)N(O)C[C@@H](C#N)c1ccccc1. The molecule has 0 saturated heterocycles. The Bertz CT molecular complexity index is 362. The normalized spacial score (nSPS) is 13.5. The molecule has 0 radical (unpaired) electrons. The lowest BCUT2D eigenvalue weighted by atomic mass is 9.99. The highest BCUT2D eigenvalue weighted by Crippen LogP contribution is 2.19. The Hall–Kier alpha value is -1.37. The van der Waals surface area contributed by atoms with Crippen LogP contribution in [0.3, 0.4) is 0 Å². The van der Waals surface area contributed by atoms with Crippen molar-refractivity contribution in [2.75, 3.05) is 6.54 Å². The lowest BCUT2D eigenvalue weighted by Gasteiger charge is -2.30. The second-order valence-corrected chi connectivity index (χ2v) is 4.85. The number of nitriles is 1. The van der Waals surface area contributed by atoms with Crippen molar-refractivity contribution < 1.29 is 5.21 Å². The minimum atomic E-state index is -0.343. The smallest absolute Gasteiger partial charge is 0.0863 e. The monoisotopic (exact) mass is 218 g/mol. The summed E-state index contributed by atoms with van der Waals surface area (Å²) in [6.07, 6.45) is 0. The molecule has 1 N–H and O–H groups in total. The Morgan fingerprint density at radius 2 is 1.88 bits per heavy atom. The summed E-state index contributed by atoms with van der Waals surface area (Å²) in [7, 11) is 0. The molecule has 0 aliphatic carbocycles. The molecule has 0 aliphatic rings. The molecular weight excluding hydrogens is 200 g/mol. The van der Waals surface area contributed by atoms with E-state index in [1.54, 1.807) is 0 Å². The summed E-state index contributed by atoms with van der Waals surface area (Å²) in [5, 5.41) is 20.2. The fourth-order valence-electron chi connectivity index (χ4n) is 1.35. The third kappa shape index (κ3) is 3.34. The van der Waals surface area contributed by atoms with E-state index in [1.165, 1.54) is 5.06 Å². The third-order valence-electron chi connectivity index (χ3n) is 2.49. The molecule has 0 unspecified atom stereocenters. The average molecular weight is 218 g/mol. The topological polar surface area (TPSA) is 47.3 Å². The van der Waals surface area contributed by atoms with E-state index in [2.05, 4.69) is 6.07 Å². The van der Waals surface area contributed by atoms with Crippen molar-refractivity contribution in [1.29, 1.82) is 5.26 Å². The summed E-state index contributed by atoms with van der Waals surface area (Å²) in [5.41, 5.74) is 0.595. The van der Waals surface area contributed by atoms with Crippen LogP contribution >= 0.6 is 0 Å². The minimum Gasteiger partial charge on any atom is -0.313 e. The molecule has 0 heterocycles. The van der Waals surface area contributed by atoms with Gasteiger partial charge < -0.3 is 5.21 Å². The quantitative estimate of drug-likeness (QED) is 0.793. The summed E-state index contributed by atoms with van der Waals surface area (Å²) in [6, 6.07) is 11.8. The molecule has 0 amide bonds. The molecule has 86 valence electrons. The van der Waals surface area contributed by atoms with Crippen LogP contribution in [0.2, 0.25) is 0 Å². The lowest BCUT2D eigenvalue weighted by molar-refractivity contribution is -0.156. The first kappa shape index (κ1) is 12.7. The predicted molar refractivity (Wildman–Crippen MR) is 63.0 cm³/mol. The van der Waals surface area contributed by atoms with E-state index in [0.717, 1.165) is 5.56 Å². The Balaban J connectivity index is 2.76. The maximum absolute atomic E-state index is 9.83. The van der Waals surface area contributed by atoms with Gasteiger partial charge in [-0.15, -0.1) is 0 Å². The van der Waals surface area contributed by atoms with Gasteiger partial charge in [-0.25, -0.2) is 0 Å². The van der Waals surface area contributed by atoms with Gasteiger partial charge in [-0.05, 0) is 26.3 Å². The summed E-state index contributed by atoms with van der Waals surface area (Å²) in [5.74, 6) is -0.301. The molecule has 0 aromatic heterocycles. The van der Waals surface area contributed by atoms with E-state index in [4.69, 9.17) is 5.26 Å². The first-order valence-corrected chi connectivity index (χ1v) is 5.36. The third-order valence-corrected chi connectivity index (χ3v) is 2.49. The minimum absolute atomic E-state index is 0.301. The highest BCUT2D eigenvalue weighted by atomic mass is 16.5. The molecule has 3 nitrogen and oxygen atoms in total. The highest BCUT2D eigenvalue weighted by Gasteiger charge is 2.23. The van der Waals surface area contributed by atoms with Crippen LogP contribution in [0.4, 0.5) is 0 Å². The van der Waals surface area contributed by atoms with Crippen molar-refractivity contribution >= 4 is 0 Å². The molecule has 16 heavy (non-hydrogen) atoms. The lowest BCUT2D eigenvalue weighted by Crippen LogP contribution is -2.40. The molecule has 1 atom stereocenters. The number of hydroxylamine groups is 2. The molecule has 1 rings (SSSR count). The van der Waals surface area contributed by atoms with E-state index < -0.39 is 0 Å². The van der Waals surface area contributed by atoms with Crippen LogP contribution in [0.5, 0.6) is 0 Å². The molecule has 3 heteroatoms. The van der Waals surface area contributed by atoms with Gasteiger partial charge in [0.2, 0.25) is 0 Å². The first-order valence-electron chi connectivity index (χ1n) is 5.36. The van der Waals surface area contributed by atoms with Gasteiger partial charge in [0.25, 0.3) is 0 Å².